The maximum Gasteiger partial charge on any atom is 0.410 e. The Morgan fingerprint density at radius 3 is 2.00 bits per heavy atom. The van der Waals surface area contributed by atoms with Crippen LogP contribution in [0.4, 0.5) is 26.7 Å². The number of carbonyl (C=O) groups is 1. The number of benzene rings is 3. The van der Waals surface area contributed by atoms with E-state index in [-0.39, 0.29) is 31.0 Å². The van der Waals surface area contributed by atoms with Crippen molar-refractivity contribution in [2.75, 3.05) is 6.61 Å². The number of amides is 1. The Hall–Kier alpha value is -3.68. The molecule has 1 fully saturated rings. The lowest BCUT2D eigenvalue weighted by Gasteiger charge is -2.44. The van der Waals surface area contributed by atoms with Crippen molar-refractivity contribution in [2.24, 2.45) is 0 Å². The lowest BCUT2D eigenvalue weighted by Crippen LogP contribution is -2.52. The van der Waals surface area contributed by atoms with Crippen LogP contribution in [0.3, 0.4) is 0 Å². The first-order valence-electron chi connectivity index (χ1n) is 12.7. The van der Waals surface area contributed by atoms with Gasteiger partial charge in [-0.25, -0.2) is 26.7 Å². The lowest BCUT2D eigenvalue weighted by molar-refractivity contribution is 0.0508. The summed E-state index contributed by atoms with van der Waals surface area (Å²) in [6.45, 7) is 0.171. The third kappa shape index (κ3) is 3.97. The van der Waals surface area contributed by atoms with Gasteiger partial charge < -0.3 is 4.74 Å². The standard InChI is InChI=1S/C30H24F5NO2/c31-25-23(26(32)28(34)29(35)27(25)33)14-16-12-17-6-5-7-18(13-16)36(17)30(37)38-15-24-21-10-3-1-8-19(21)20-9-2-4-11-22(20)24/h1-4,8-12,17-18,24H,5-7,13-15H2. The van der Waals surface area contributed by atoms with Gasteiger partial charge in [0.05, 0.1) is 6.04 Å². The Bertz CT molecular complexity index is 1390. The van der Waals surface area contributed by atoms with E-state index in [1.165, 1.54) is 0 Å². The number of hydrogen-bond donors (Lipinski definition) is 0. The summed E-state index contributed by atoms with van der Waals surface area (Å²) >= 11 is 0. The van der Waals surface area contributed by atoms with Crippen molar-refractivity contribution in [3.8, 4) is 11.1 Å². The highest BCUT2D eigenvalue weighted by molar-refractivity contribution is 5.79. The fourth-order valence-corrected chi connectivity index (χ4v) is 6.24. The monoisotopic (exact) mass is 525 g/mol. The average molecular weight is 526 g/mol. The van der Waals surface area contributed by atoms with Crippen LogP contribution in [0.2, 0.25) is 0 Å². The summed E-state index contributed by atoms with van der Waals surface area (Å²) in [5, 5.41) is 0. The van der Waals surface area contributed by atoms with Gasteiger partial charge in [-0.2, -0.15) is 0 Å². The quantitative estimate of drug-likeness (QED) is 0.154. The van der Waals surface area contributed by atoms with Crippen molar-refractivity contribution < 1.29 is 31.5 Å². The number of halogens is 5. The number of carbonyl (C=O) groups excluding carboxylic acids is 1. The summed E-state index contributed by atoms with van der Waals surface area (Å²) in [5.41, 5.74) is 4.15. The molecule has 0 radical (unpaired) electrons. The zero-order valence-electron chi connectivity index (χ0n) is 20.3. The van der Waals surface area contributed by atoms with Gasteiger partial charge in [-0.3, -0.25) is 4.90 Å². The van der Waals surface area contributed by atoms with E-state index in [9.17, 15) is 26.7 Å². The van der Waals surface area contributed by atoms with Crippen molar-refractivity contribution in [2.45, 2.75) is 50.1 Å². The minimum Gasteiger partial charge on any atom is -0.448 e. The van der Waals surface area contributed by atoms with Crippen LogP contribution in [0.25, 0.3) is 11.1 Å². The molecule has 1 saturated heterocycles. The highest BCUT2D eigenvalue weighted by Crippen LogP contribution is 2.45. The highest BCUT2D eigenvalue weighted by Gasteiger charge is 2.39. The molecule has 3 aliphatic rings. The fraction of sp³-hybridized carbons (Fsp3) is 0.300. The summed E-state index contributed by atoms with van der Waals surface area (Å²) < 4.78 is 75.3. The van der Waals surface area contributed by atoms with E-state index in [1.807, 2.05) is 36.4 Å². The molecule has 2 aliphatic heterocycles. The van der Waals surface area contributed by atoms with Crippen LogP contribution in [-0.2, 0) is 11.2 Å². The van der Waals surface area contributed by atoms with Crippen LogP contribution in [0.5, 0.6) is 0 Å². The van der Waals surface area contributed by atoms with Gasteiger partial charge >= 0.3 is 6.09 Å². The molecule has 196 valence electrons. The van der Waals surface area contributed by atoms with Crippen molar-refractivity contribution in [3.63, 3.8) is 0 Å². The molecule has 0 spiro atoms. The first-order chi connectivity index (χ1) is 18.3. The molecular weight excluding hydrogens is 501 g/mol. The van der Waals surface area contributed by atoms with Crippen molar-refractivity contribution in [3.05, 3.63) is 106 Å². The highest BCUT2D eigenvalue weighted by atomic mass is 19.2. The number of fused-ring (bicyclic) bond motifs is 5. The number of nitrogens with zero attached hydrogens (tertiary/aromatic N) is 1. The van der Waals surface area contributed by atoms with Crippen LogP contribution < -0.4 is 0 Å². The molecule has 3 aromatic rings. The Labute approximate surface area is 216 Å². The Morgan fingerprint density at radius 1 is 0.816 bits per heavy atom. The lowest BCUT2D eigenvalue weighted by atomic mass is 9.83. The van der Waals surface area contributed by atoms with Gasteiger partial charge in [-0.1, -0.05) is 60.2 Å². The molecule has 38 heavy (non-hydrogen) atoms. The van der Waals surface area contributed by atoms with Crippen LogP contribution in [0.1, 0.15) is 48.3 Å². The maximum absolute atomic E-state index is 14.3. The van der Waals surface area contributed by atoms with Gasteiger partial charge in [0.15, 0.2) is 23.3 Å². The van der Waals surface area contributed by atoms with Gasteiger partial charge in [-0.05, 0) is 54.4 Å². The van der Waals surface area contributed by atoms with E-state index in [1.54, 1.807) is 11.0 Å². The molecule has 3 nitrogen and oxygen atoms in total. The molecule has 0 N–H and O–H groups in total. The number of hydrogen-bond acceptors (Lipinski definition) is 2. The maximum atomic E-state index is 14.3. The minimum atomic E-state index is -2.17. The second-order valence-electron chi connectivity index (χ2n) is 10.1. The molecule has 3 aromatic carbocycles. The molecular formula is C30H24F5NO2. The van der Waals surface area contributed by atoms with Crippen molar-refractivity contribution in [1.82, 2.24) is 4.90 Å². The average Bonchev–Trinajstić information content (AvgIpc) is 3.25. The summed E-state index contributed by atoms with van der Waals surface area (Å²) in [5.74, 6) is -9.78. The smallest absolute Gasteiger partial charge is 0.410 e. The van der Waals surface area contributed by atoms with Gasteiger partial charge in [0.2, 0.25) is 5.82 Å². The zero-order valence-corrected chi connectivity index (χ0v) is 20.3. The molecule has 2 heterocycles. The van der Waals surface area contributed by atoms with Crippen molar-refractivity contribution in [1.29, 1.82) is 0 Å². The van der Waals surface area contributed by atoms with E-state index in [2.05, 4.69) is 12.1 Å². The van der Waals surface area contributed by atoms with E-state index in [0.717, 1.165) is 28.7 Å². The largest absolute Gasteiger partial charge is 0.448 e. The van der Waals surface area contributed by atoms with Crippen LogP contribution in [-0.4, -0.2) is 29.7 Å². The summed E-state index contributed by atoms with van der Waals surface area (Å²) in [6, 6.07) is 15.4. The Balaban J connectivity index is 1.21. The molecule has 0 saturated carbocycles. The Morgan fingerprint density at radius 2 is 1.39 bits per heavy atom. The topological polar surface area (TPSA) is 29.5 Å². The summed E-state index contributed by atoms with van der Waals surface area (Å²) in [7, 11) is 0. The molecule has 2 atom stereocenters. The number of piperidine rings is 1. The summed E-state index contributed by atoms with van der Waals surface area (Å²) in [6.07, 6.45) is 3.27. The van der Waals surface area contributed by atoms with E-state index >= 15 is 0 Å². The van der Waals surface area contributed by atoms with Crippen molar-refractivity contribution >= 4 is 6.09 Å². The molecule has 6 rings (SSSR count). The molecule has 1 aliphatic carbocycles. The first-order valence-corrected chi connectivity index (χ1v) is 12.7. The third-order valence-corrected chi connectivity index (χ3v) is 7.97. The van der Waals surface area contributed by atoms with E-state index in [0.29, 0.717) is 18.4 Å². The van der Waals surface area contributed by atoms with Gasteiger partial charge in [0, 0.05) is 17.5 Å². The van der Waals surface area contributed by atoms with Crippen LogP contribution >= 0.6 is 0 Å². The zero-order chi connectivity index (χ0) is 26.6. The Kier molecular flexibility index (Phi) is 6.20. The minimum absolute atomic E-state index is 0.0868. The second-order valence-corrected chi connectivity index (χ2v) is 10.1. The molecule has 1 amide bonds. The first kappa shape index (κ1) is 24.6. The van der Waals surface area contributed by atoms with E-state index in [4.69, 9.17) is 4.74 Å². The van der Waals surface area contributed by atoms with Gasteiger partial charge in [0.1, 0.15) is 6.61 Å². The van der Waals surface area contributed by atoms with Gasteiger partial charge in [-0.15, -0.1) is 0 Å². The second kappa shape index (κ2) is 9.57. The SMILES string of the molecule is O=C(OCC1c2ccccc2-c2ccccc21)N1C2C=C(Cc3c(F)c(F)c(F)c(F)c3F)CC1CCC2. The van der Waals surface area contributed by atoms with E-state index < -0.39 is 47.2 Å². The van der Waals surface area contributed by atoms with Crippen LogP contribution in [0.15, 0.2) is 60.2 Å². The summed E-state index contributed by atoms with van der Waals surface area (Å²) in [4.78, 5) is 15.0. The molecule has 0 aromatic heterocycles. The molecule has 2 bridgehead atoms. The number of rotatable bonds is 4. The van der Waals surface area contributed by atoms with Crippen LogP contribution in [0, 0.1) is 29.1 Å². The fourth-order valence-electron chi connectivity index (χ4n) is 6.24. The third-order valence-electron chi connectivity index (χ3n) is 7.97. The molecule has 2 unspecified atom stereocenters. The normalized spacial score (nSPS) is 20.1. The number of ether oxygens (including phenoxy) is 1. The predicted molar refractivity (Wildman–Crippen MR) is 131 cm³/mol. The van der Waals surface area contributed by atoms with Gasteiger partial charge in [0.25, 0.3) is 0 Å². The molecule has 8 heteroatoms. The predicted octanol–water partition coefficient (Wildman–Crippen LogP) is 7.43.